The Kier molecular flexibility index (Phi) is 7.01. The first-order chi connectivity index (χ1) is 17.0. The second-order valence-corrected chi connectivity index (χ2v) is 8.06. The lowest BCUT2D eigenvalue weighted by Crippen LogP contribution is -2.36. The van der Waals surface area contributed by atoms with Gasteiger partial charge in [0.2, 0.25) is 5.75 Å². The number of likely N-dealkylation sites (tertiary alicyclic amines) is 1. The Morgan fingerprint density at radius 1 is 0.971 bits per heavy atom. The molecule has 0 unspecified atom stereocenters. The van der Waals surface area contributed by atoms with Crippen LogP contribution in [0.25, 0.3) is 5.70 Å². The number of piperidine rings is 1. The molecule has 9 nitrogen and oxygen atoms in total. The third kappa shape index (κ3) is 4.55. The highest BCUT2D eigenvalue weighted by atomic mass is 16.5. The van der Waals surface area contributed by atoms with Crippen molar-refractivity contribution in [2.24, 2.45) is 4.99 Å². The van der Waals surface area contributed by atoms with Crippen molar-refractivity contribution >= 4 is 23.3 Å². The highest BCUT2D eigenvalue weighted by molar-refractivity contribution is 6.20. The number of amidine groups is 1. The zero-order valence-corrected chi connectivity index (χ0v) is 19.9. The minimum atomic E-state index is -0.458. The molecule has 0 aliphatic carbocycles. The van der Waals surface area contributed by atoms with Crippen LogP contribution in [0.15, 0.2) is 47.0 Å². The summed E-state index contributed by atoms with van der Waals surface area (Å²) < 4.78 is 16.0. The molecule has 2 aliphatic rings. The van der Waals surface area contributed by atoms with Gasteiger partial charge >= 0.3 is 0 Å². The van der Waals surface area contributed by atoms with Gasteiger partial charge in [-0.1, -0.05) is 24.3 Å². The van der Waals surface area contributed by atoms with E-state index in [-0.39, 0.29) is 28.6 Å². The molecule has 0 spiro atoms. The lowest BCUT2D eigenvalue weighted by atomic mass is 10.0. The fourth-order valence-corrected chi connectivity index (χ4v) is 4.26. The highest BCUT2D eigenvalue weighted by Crippen LogP contribution is 2.38. The van der Waals surface area contributed by atoms with Crippen molar-refractivity contribution in [3.05, 3.63) is 58.7 Å². The van der Waals surface area contributed by atoms with Crippen LogP contribution in [0.4, 0.5) is 0 Å². The predicted molar refractivity (Wildman–Crippen MR) is 130 cm³/mol. The lowest BCUT2D eigenvalue weighted by Gasteiger charge is -2.26. The zero-order chi connectivity index (χ0) is 24.9. The number of amides is 2. The van der Waals surface area contributed by atoms with E-state index in [2.05, 4.69) is 16.4 Å². The molecule has 0 atom stereocenters. The van der Waals surface area contributed by atoms with Gasteiger partial charge < -0.3 is 24.4 Å². The fraction of sp³-hybridized carbons (Fsp3) is 0.308. The van der Waals surface area contributed by atoms with Gasteiger partial charge in [-0.25, -0.2) is 4.99 Å². The number of carbonyl (C=O) groups is 2. The molecule has 1 fully saturated rings. The summed E-state index contributed by atoms with van der Waals surface area (Å²) in [5, 5.41) is 12.7. The van der Waals surface area contributed by atoms with Crippen molar-refractivity contribution in [3.63, 3.8) is 0 Å². The molecule has 2 aromatic rings. The van der Waals surface area contributed by atoms with Crippen LogP contribution in [0.5, 0.6) is 17.2 Å². The van der Waals surface area contributed by atoms with Crippen LogP contribution in [0.3, 0.4) is 0 Å². The van der Waals surface area contributed by atoms with Crippen LogP contribution in [0, 0.1) is 11.3 Å². The monoisotopic (exact) mass is 474 g/mol. The summed E-state index contributed by atoms with van der Waals surface area (Å²) in [6, 6.07) is 12.3. The number of fused-ring (bicyclic) bond motifs is 1. The number of ether oxygens (including phenoxy) is 3. The van der Waals surface area contributed by atoms with Crippen LogP contribution in [-0.2, 0) is 4.79 Å². The summed E-state index contributed by atoms with van der Waals surface area (Å²) in [5.74, 6) is 0.511. The second kappa shape index (κ2) is 10.3. The highest BCUT2D eigenvalue weighted by Gasteiger charge is 2.30. The van der Waals surface area contributed by atoms with E-state index in [0.29, 0.717) is 41.5 Å². The predicted octanol–water partition coefficient (Wildman–Crippen LogP) is 3.15. The molecule has 0 bridgehead atoms. The van der Waals surface area contributed by atoms with E-state index in [0.717, 1.165) is 19.3 Å². The van der Waals surface area contributed by atoms with Crippen LogP contribution in [0.2, 0.25) is 0 Å². The van der Waals surface area contributed by atoms with E-state index in [1.165, 1.54) is 33.5 Å². The minimum absolute atomic E-state index is 0.0311. The Bertz CT molecular complexity index is 1240. The van der Waals surface area contributed by atoms with Gasteiger partial charge in [0, 0.05) is 29.8 Å². The number of nitrogens with one attached hydrogen (secondary N) is 1. The molecule has 35 heavy (non-hydrogen) atoms. The Balaban J connectivity index is 1.71. The molecule has 0 aromatic heterocycles. The quantitative estimate of drug-likeness (QED) is 0.526. The number of rotatable bonds is 5. The molecule has 2 heterocycles. The number of aliphatic imine (C=N–C) groups is 1. The number of methoxy groups -OCH3 is 3. The van der Waals surface area contributed by atoms with Gasteiger partial charge in [0.15, 0.2) is 11.5 Å². The van der Waals surface area contributed by atoms with E-state index in [1.807, 2.05) is 0 Å². The summed E-state index contributed by atoms with van der Waals surface area (Å²) in [4.78, 5) is 32.5. The third-order valence-corrected chi connectivity index (χ3v) is 6.03. The van der Waals surface area contributed by atoms with Crippen molar-refractivity contribution in [2.75, 3.05) is 34.4 Å². The van der Waals surface area contributed by atoms with Gasteiger partial charge in [-0.05, 0) is 31.4 Å². The smallest absolute Gasteiger partial charge is 0.266 e. The number of carbonyl (C=O) groups excluding carboxylic acids is 2. The van der Waals surface area contributed by atoms with E-state index < -0.39 is 5.91 Å². The van der Waals surface area contributed by atoms with Crippen molar-refractivity contribution in [1.29, 1.82) is 5.26 Å². The van der Waals surface area contributed by atoms with E-state index in [4.69, 9.17) is 14.2 Å². The standard InChI is InChI=1S/C26H26N4O5/c1-33-20-13-16(14-21(34-2)23(20)35-3)25(31)29-24-18-10-6-5-9-17(18)22(28-24)19(15-27)26(32)30-11-7-4-8-12-30/h5-6,9-10,13-14H,4,7-8,11-12H2,1-3H3,(H,28,29,31)/b22-19-. The SMILES string of the molecule is COc1cc(C(=O)NC2=N/C(=C(/C#N)C(=O)N3CCCCC3)c3ccccc32)cc(OC)c1OC. The van der Waals surface area contributed by atoms with Gasteiger partial charge in [0.25, 0.3) is 11.8 Å². The molecule has 4 rings (SSSR count). The van der Waals surface area contributed by atoms with E-state index in [1.54, 1.807) is 29.2 Å². The Labute approximate surface area is 203 Å². The fourth-order valence-electron chi connectivity index (χ4n) is 4.26. The van der Waals surface area contributed by atoms with Crippen molar-refractivity contribution in [2.45, 2.75) is 19.3 Å². The summed E-state index contributed by atoms with van der Waals surface area (Å²) in [7, 11) is 4.42. The first kappa shape index (κ1) is 23.8. The number of hydrogen-bond acceptors (Lipinski definition) is 7. The molecule has 2 amide bonds. The molecule has 9 heteroatoms. The Morgan fingerprint density at radius 2 is 1.60 bits per heavy atom. The van der Waals surface area contributed by atoms with Gasteiger partial charge in [0.1, 0.15) is 17.5 Å². The first-order valence-electron chi connectivity index (χ1n) is 11.3. The average Bonchev–Trinajstić information content (AvgIpc) is 3.26. The molecule has 1 N–H and O–H groups in total. The zero-order valence-electron chi connectivity index (χ0n) is 19.9. The molecular formula is C26H26N4O5. The largest absolute Gasteiger partial charge is 0.493 e. The van der Waals surface area contributed by atoms with Gasteiger partial charge in [0.05, 0.1) is 27.0 Å². The number of nitrogens with zero attached hydrogens (tertiary/aromatic N) is 3. The average molecular weight is 475 g/mol. The maximum Gasteiger partial charge on any atom is 0.266 e. The first-order valence-corrected chi connectivity index (χ1v) is 11.3. The lowest BCUT2D eigenvalue weighted by molar-refractivity contribution is -0.127. The molecular weight excluding hydrogens is 448 g/mol. The molecule has 2 aromatic carbocycles. The number of benzene rings is 2. The summed E-state index contributed by atoms with van der Waals surface area (Å²) in [6.45, 7) is 1.24. The van der Waals surface area contributed by atoms with Crippen molar-refractivity contribution in [1.82, 2.24) is 10.2 Å². The maximum atomic E-state index is 13.2. The van der Waals surface area contributed by atoms with Gasteiger partial charge in [-0.15, -0.1) is 0 Å². The van der Waals surface area contributed by atoms with Crippen LogP contribution < -0.4 is 19.5 Å². The minimum Gasteiger partial charge on any atom is -0.493 e. The Hall–Kier alpha value is -4.32. The van der Waals surface area contributed by atoms with Gasteiger partial charge in [-0.2, -0.15) is 5.26 Å². The molecule has 2 aliphatic heterocycles. The molecule has 180 valence electrons. The van der Waals surface area contributed by atoms with Crippen LogP contribution in [0.1, 0.15) is 40.7 Å². The summed E-state index contributed by atoms with van der Waals surface area (Å²) >= 11 is 0. The van der Waals surface area contributed by atoms with Crippen LogP contribution >= 0.6 is 0 Å². The third-order valence-electron chi connectivity index (χ3n) is 6.03. The normalized spacial score (nSPS) is 15.9. The molecule has 0 radical (unpaired) electrons. The summed E-state index contributed by atoms with van der Waals surface area (Å²) in [6.07, 6.45) is 2.89. The number of hydrogen-bond donors (Lipinski definition) is 1. The van der Waals surface area contributed by atoms with E-state index in [9.17, 15) is 14.9 Å². The van der Waals surface area contributed by atoms with Crippen LogP contribution in [-0.4, -0.2) is 57.0 Å². The summed E-state index contributed by atoms with van der Waals surface area (Å²) in [5.41, 5.74) is 1.74. The van der Waals surface area contributed by atoms with E-state index >= 15 is 0 Å². The Morgan fingerprint density at radius 3 is 2.17 bits per heavy atom. The number of nitriles is 1. The molecule has 1 saturated heterocycles. The second-order valence-electron chi connectivity index (χ2n) is 8.06. The van der Waals surface area contributed by atoms with Crippen molar-refractivity contribution < 1.29 is 23.8 Å². The maximum absolute atomic E-state index is 13.2. The van der Waals surface area contributed by atoms with Crippen molar-refractivity contribution in [3.8, 4) is 23.3 Å². The topological polar surface area (TPSA) is 113 Å². The molecule has 0 saturated carbocycles. The van der Waals surface area contributed by atoms with Gasteiger partial charge in [-0.3, -0.25) is 9.59 Å².